The number of hydrogen-bond acceptors (Lipinski definition) is 9. The number of aryl methyl sites for hydroxylation is 1. The van der Waals surface area contributed by atoms with Gasteiger partial charge in [0.25, 0.3) is 0 Å². The number of benzene rings is 1. The van der Waals surface area contributed by atoms with Gasteiger partial charge in [0.05, 0.1) is 24.6 Å². The van der Waals surface area contributed by atoms with Crippen molar-refractivity contribution in [1.29, 1.82) is 5.26 Å². The fourth-order valence-electron chi connectivity index (χ4n) is 5.10. The smallest absolute Gasteiger partial charge is 0.323 e. The Morgan fingerprint density at radius 2 is 1.89 bits per heavy atom. The first-order valence-electron chi connectivity index (χ1n) is 15.3. The molecule has 46 heavy (non-hydrogen) atoms. The molecule has 0 aliphatic carbocycles. The van der Waals surface area contributed by atoms with Crippen LogP contribution in [-0.4, -0.2) is 53.5 Å². The molecule has 4 N–H and O–H groups in total. The highest BCUT2D eigenvalue weighted by Gasteiger charge is 2.26. The molecule has 0 bridgehead atoms. The molecule has 236 valence electrons. The molecule has 0 fully saturated rings. The number of anilines is 3. The van der Waals surface area contributed by atoms with E-state index in [0.717, 1.165) is 48.1 Å². The number of pyridine rings is 1. The summed E-state index contributed by atoms with van der Waals surface area (Å²) in [6.45, 7) is 3.56. The predicted octanol–water partition coefficient (Wildman–Crippen LogP) is 5.26. The number of nitrogens with zero attached hydrogens (tertiary/aromatic N) is 8. The normalized spacial score (nSPS) is 11.4. The number of H-pyrrole nitrogens is 1. The highest BCUT2D eigenvalue weighted by molar-refractivity contribution is 5.91. The molecule has 0 radical (unpaired) electrons. The van der Waals surface area contributed by atoms with Gasteiger partial charge in [-0.3, -0.25) is 14.7 Å². The topological polar surface area (TPSA) is 165 Å². The maximum absolute atomic E-state index is 13.8. The third-order valence-electron chi connectivity index (χ3n) is 7.44. The van der Waals surface area contributed by atoms with Gasteiger partial charge in [0.1, 0.15) is 23.3 Å². The van der Waals surface area contributed by atoms with Crippen LogP contribution in [0.5, 0.6) is 0 Å². The van der Waals surface area contributed by atoms with Crippen molar-refractivity contribution < 1.29 is 4.79 Å². The summed E-state index contributed by atoms with van der Waals surface area (Å²) in [5.74, 6) is 1.46. The summed E-state index contributed by atoms with van der Waals surface area (Å²) in [5, 5.41) is 30.1. The maximum atomic E-state index is 13.8. The number of carbonyl (C=O) groups excluding carboxylic acids is 1. The number of rotatable bonds is 15. The van der Waals surface area contributed by atoms with Gasteiger partial charge in [0.15, 0.2) is 0 Å². The van der Waals surface area contributed by atoms with Crippen molar-refractivity contribution in [1.82, 2.24) is 40.2 Å². The van der Waals surface area contributed by atoms with E-state index in [4.69, 9.17) is 4.98 Å². The summed E-state index contributed by atoms with van der Waals surface area (Å²) >= 11 is 0. The first-order valence-corrected chi connectivity index (χ1v) is 15.3. The molecule has 0 saturated heterocycles. The van der Waals surface area contributed by atoms with E-state index in [1.165, 1.54) is 6.20 Å². The zero-order valence-electron chi connectivity index (χ0n) is 26.0. The molecule has 4 aromatic heterocycles. The summed E-state index contributed by atoms with van der Waals surface area (Å²) < 4.78 is 1.75. The zero-order valence-corrected chi connectivity index (χ0v) is 26.0. The van der Waals surface area contributed by atoms with E-state index in [-0.39, 0.29) is 12.1 Å². The second kappa shape index (κ2) is 15.8. The molecule has 0 aliphatic rings. The van der Waals surface area contributed by atoms with Crippen molar-refractivity contribution in [2.75, 3.05) is 22.1 Å². The average molecular weight is 619 g/mol. The molecular formula is C33H38N12O. The van der Waals surface area contributed by atoms with Crippen LogP contribution in [0.1, 0.15) is 49.4 Å². The average Bonchev–Trinajstić information content (AvgIpc) is 3.78. The Morgan fingerprint density at radius 3 is 2.59 bits per heavy atom. The monoisotopic (exact) mass is 618 g/mol. The highest BCUT2D eigenvalue weighted by atomic mass is 16.2. The van der Waals surface area contributed by atoms with Gasteiger partial charge in [0.2, 0.25) is 5.95 Å². The van der Waals surface area contributed by atoms with Gasteiger partial charge >= 0.3 is 6.03 Å². The van der Waals surface area contributed by atoms with Gasteiger partial charge in [-0.15, -0.1) is 0 Å². The van der Waals surface area contributed by atoms with Crippen LogP contribution in [-0.2, 0) is 20.1 Å². The number of carbonyl (C=O) groups is 1. The Morgan fingerprint density at radius 1 is 1.02 bits per heavy atom. The number of nitriles is 1. The maximum Gasteiger partial charge on any atom is 0.323 e. The fourth-order valence-corrected chi connectivity index (χ4v) is 5.10. The lowest BCUT2D eigenvalue weighted by atomic mass is 10.0. The number of urea groups is 1. The van der Waals surface area contributed by atoms with E-state index >= 15 is 0 Å². The molecule has 0 unspecified atom stereocenters. The van der Waals surface area contributed by atoms with E-state index in [1.807, 2.05) is 61.8 Å². The van der Waals surface area contributed by atoms with Crippen LogP contribution >= 0.6 is 0 Å². The van der Waals surface area contributed by atoms with E-state index < -0.39 is 0 Å². The van der Waals surface area contributed by atoms with Gasteiger partial charge in [-0.1, -0.05) is 43.7 Å². The molecule has 1 atom stereocenters. The minimum absolute atomic E-state index is 0.0900. The second-order valence-corrected chi connectivity index (χ2v) is 10.8. The molecule has 13 heteroatoms. The van der Waals surface area contributed by atoms with Crippen LogP contribution in [0.15, 0.2) is 79.5 Å². The largest absolute Gasteiger partial charge is 0.363 e. The van der Waals surface area contributed by atoms with Crippen molar-refractivity contribution in [3.8, 4) is 17.2 Å². The molecular weight excluding hydrogens is 580 g/mol. The fraction of sp³-hybridized carbons (Fsp3) is 0.303. The van der Waals surface area contributed by atoms with Crippen molar-refractivity contribution in [3.05, 3.63) is 96.3 Å². The van der Waals surface area contributed by atoms with Crippen LogP contribution in [0.2, 0.25) is 0 Å². The van der Waals surface area contributed by atoms with Crippen LogP contribution in [0.25, 0.3) is 11.1 Å². The number of aromatic amines is 1. The Bertz CT molecular complexity index is 1710. The lowest BCUT2D eigenvalue weighted by molar-refractivity contribution is 0.242. The van der Waals surface area contributed by atoms with Crippen molar-refractivity contribution in [2.24, 2.45) is 7.05 Å². The van der Waals surface area contributed by atoms with E-state index in [9.17, 15) is 10.1 Å². The van der Waals surface area contributed by atoms with E-state index in [1.54, 1.807) is 28.2 Å². The van der Waals surface area contributed by atoms with Crippen molar-refractivity contribution >= 4 is 23.6 Å². The lowest BCUT2D eigenvalue weighted by Crippen LogP contribution is -2.47. The minimum atomic E-state index is -0.194. The van der Waals surface area contributed by atoms with Crippen LogP contribution in [0, 0.1) is 11.3 Å². The molecule has 0 saturated carbocycles. The third kappa shape index (κ3) is 8.44. The molecule has 4 heterocycles. The number of hydrogen-bond donors (Lipinski definition) is 4. The molecule has 0 spiro atoms. The zero-order chi connectivity index (χ0) is 32.1. The molecule has 2 amide bonds. The SMILES string of the molecule is CCC[C@@H](CCCNc1ncc(C#N)c(NCc2ccn[nH]2)n1)N(C(=O)NCc1ccccc1)c1ccc(-c2cnn(C)c2)cn1. The molecule has 13 nitrogen and oxygen atoms in total. The van der Waals surface area contributed by atoms with Crippen LogP contribution < -0.4 is 20.9 Å². The van der Waals surface area contributed by atoms with Gasteiger partial charge in [0, 0.05) is 55.9 Å². The van der Waals surface area contributed by atoms with Gasteiger partial charge in [-0.2, -0.15) is 20.4 Å². The highest BCUT2D eigenvalue weighted by Crippen LogP contribution is 2.25. The first kappa shape index (κ1) is 31.6. The van der Waals surface area contributed by atoms with Gasteiger partial charge in [-0.05, 0) is 43.0 Å². The lowest BCUT2D eigenvalue weighted by Gasteiger charge is -2.31. The van der Waals surface area contributed by atoms with Gasteiger partial charge < -0.3 is 16.0 Å². The van der Waals surface area contributed by atoms with Crippen molar-refractivity contribution in [2.45, 2.75) is 51.7 Å². The number of nitrogens with one attached hydrogen (secondary N) is 4. The minimum Gasteiger partial charge on any atom is -0.363 e. The van der Waals surface area contributed by atoms with Crippen molar-refractivity contribution in [3.63, 3.8) is 0 Å². The Kier molecular flexibility index (Phi) is 10.9. The first-order chi connectivity index (χ1) is 22.5. The third-order valence-corrected chi connectivity index (χ3v) is 7.44. The van der Waals surface area contributed by atoms with Crippen LogP contribution in [0.4, 0.5) is 22.4 Å². The van der Waals surface area contributed by atoms with Gasteiger partial charge in [-0.25, -0.2) is 14.8 Å². The summed E-state index contributed by atoms with van der Waals surface area (Å²) in [7, 11) is 1.88. The molecule has 5 aromatic rings. The molecule has 0 aliphatic heterocycles. The Balaban J connectivity index is 1.27. The number of amides is 2. The van der Waals surface area contributed by atoms with E-state index in [2.05, 4.69) is 54.2 Å². The summed E-state index contributed by atoms with van der Waals surface area (Å²) in [6, 6.07) is 17.4. The van der Waals surface area contributed by atoms with Crippen LogP contribution in [0.3, 0.4) is 0 Å². The predicted molar refractivity (Wildman–Crippen MR) is 177 cm³/mol. The quantitative estimate of drug-likeness (QED) is 0.115. The summed E-state index contributed by atoms with van der Waals surface area (Å²) in [5.41, 5.74) is 4.14. The Hall–Kier alpha value is -5.77. The molecule has 1 aromatic carbocycles. The Labute approximate surface area is 268 Å². The second-order valence-electron chi connectivity index (χ2n) is 10.8. The molecule has 5 rings (SSSR count). The summed E-state index contributed by atoms with van der Waals surface area (Å²) in [6.07, 6.45) is 11.9. The number of aromatic nitrogens is 7. The van der Waals surface area contributed by atoms with E-state index in [0.29, 0.717) is 42.8 Å². The standard InChI is InChI=1S/C33H38N12O/c1-3-8-29(11-7-15-35-32-38-20-26(17-34)31(42-32)37-22-28-14-16-40-43-28)45(33(46)39-18-24-9-5-4-6-10-24)30-13-12-25(19-36-30)27-21-41-44(2)23-27/h4-6,9-10,12-14,16,19-21,23,29H,3,7-8,11,15,18,22H2,1-2H3,(H,39,46)(H,40,43)(H2,35,37,38,42)/t29-/m0/s1. The summed E-state index contributed by atoms with van der Waals surface area (Å²) in [4.78, 5) is 29.1.